The van der Waals surface area contributed by atoms with Crippen molar-refractivity contribution in [1.82, 2.24) is 14.8 Å². The number of anilines is 2. The first-order valence-electron chi connectivity index (χ1n) is 9.95. The lowest BCUT2D eigenvalue weighted by Crippen LogP contribution is -2.31. The van der Waals surface area contributed by atoms with Crippen LogP contribution in [0.2, 0.25) is 0 Å². The molecule has 0 spiro atoms. The van der Waals surface area contributed by atoms with Crippen molar-refractivity contribution < 1.29 is 9.18 Å². The molecule has 4 rings (SSSR count). The van der Waals surface area contributed by atoms with Gasteiger partial charge in [0, 0.05) is 29.9 Å². The predicted molar refractivity (Wildman–Crippen MR) is 111 cm³/mol. The minimum atomic E-state index is -0.467. The molecule has 150 valence electrons. The molecule has 29 heavy (non-hydrogen) atoms. The van der Waals surface area contributed by atoms with Gasteiger partial charge in [0.15, 0.2) is 5.82 Å². The zero-order valence-corrected chi connectivity index (χ0v) is 16.4. The van der Waals surface area contributed by atoms with E-state index < -0.39 is 6.04 Å². The van der Waals surface area contributed by atoms with Gasteiger partial charge < -0.3 is 15.2 Å². The fourth-order valence-electron chi connectivity index (χ4n) is 3.55. The lowest BCUT2D eigenvalue weighted by Gasteiger charge is -2.16. The Labute approximate surface area is 169 Å². The smallest absolute Gasteiger partial charge is 0.246 e. The molecule has 0 saturated heterocycles. The average Bonchev–Trinajstić information content (AvgIpc) is 2.98. The van der Waals surface area contributed by atoms with Crippen molar-refractivity contribution in [2.24, 2.45) is 0 Å². The standard InChI is InChI=1S/C22H24FN5O/c1-15(22(29)25-18-11-9-17(23)10-12-18)24-19-7-5-6-16(14-19)21-27-26-20-8-3-2-4-13-28(20)21/h5-7,9-12,14-15,24H,2-4,8,13H2,1H3,(H,25,29)/t15-/m0/s1. The molecule has 0 radical (unpaired) electrons. The number of nitrogens with zero attached hydrogens (tertiary/aromatic N) is 3. The Morgan fingerprint density at radius 1 is 1.07 bits per heavy atom. The Kier molecular flexibility index (Phi) is 5.55. The second kappa shape index (κ2) is 8.43. The van der Waals surface area contributed by atoms with E-state index in [1.165, 1.54) is 30.7 Å². The van der Waals surface area contributed by atoms with Crippen molar-refractivity contribution in [3.05, 3.63) is 60.2 Å². The quantitative estimate of drug-likeness (QED) is 0.680. The van der Waals surface area contributed by atoms with Crippen molar-refractivity contribution in [2.45, 2.75) is 45.2 Å². The summed E-state index contributed by atoms with van der Waals surface area (Å²) in [6, 6.07) is 13.1. The van der Waals surface area contributed by atoms with Gasteiger partial charge in [0.2, 0.25) is 5.91 Å². The maximum Gasteiger partial charge on any atom is 0.246 e. The van der Waals surface area contributed by atoms with Gasteiger partial charge in [-0.05, 0) is 56.2 Å². The van der Waals surface area contributed by atoms with Crippen molar-refractivity contribution in [3.63, 3.8) is 0 Å². The van der Waals surface area contributed by atoms with Gasteiger partial charge >= 0.3 is 0 Å². The third-order valence-electron chi connectivity index (χ3n) is 5.12. The number of aromatic nitrogens is 3. The highest BCUT2D eigenvalue weighted by molar-refractivity contribution is 5.96. The molecule has 0 saturated carbocycles. The Morgan fingerprint density at radius 2 is 1.90 bits per heavy atom. The Morgan fingerprint density at radius 3 is 2.72 bits per heavy atom. The first-order valence-corrected chi connectivity index (χ1v) is 9.95. The average molecular weight is 393 g/mol. The van der Waals surface area contributed by atoms with Crippen LogP contribution in [0.25, 0.3) is 11.4 Å². The van der Waals surface area contributed by atoms with Gasteiger partial charge in [-0.2, -0.15) is 0 Å². The molecule has 0 unspecified atom stereocenters. The molecular formula is C22H24FN5O. The fraction of sp³-hybridized carbons (Fsp3) is 0.318. The molecule has 1 aliphatic heterocycles. The van der Waals surface area contributed by atoms with Gasteiger partial charge in [0.05, 0.1) is 0 Å². The molecule has 1 aromatic heterocycles. The molecule has 3 aromatic rings. The zero-order valence-electron chi connectivity index (χ0n) is 16.4. The largest absolute Gasteiger partial charge is 0.374 e. The summed E-state index contributed by atoms with van der Waals surface area (Å²) < 4.78 is 15.2. The van der Waals surface area contributed by atoms with Crippen molar-refractivity contribution in [1.29, 1.82) is 0 Å². The molecule has 2 N–H and O–H groups in total. The topological polar surface area (TPSA) is 71.8 Å². The monoisotopic (exact) mass is 393 g/mol. The maximum absolute atomic E-state index is 13.0. The summed E-state index contributed by atoms with van der Waals surface area (Å²) in [5.74, 6) is 1.38. The molecule has 6 nitrogen and oxygen atoms in total. The molecule has 1 aliphatic rings. The minimum Gasteiger partial charge on any atom is -0.374 e. The van der Waals surface area contributed by atoms with Crippen molar-refractivity contribution in [3.8, 4) is 11.4 Å². The zero-order chi connectivity index (χ0) is 20.2. The second-order valence-corrected chi connectivity index (χ2v) is 7.35. The number of nitrogens with one attached hydrogen (secondary N) is 2. The Hall–Kier alpha value is -3.22. The van der Waals surface area contributed by atoms with Crippen LogP contribution in [0, 0.1) is 5.82 Å². The third kappa shape index (κ3) is 4.45. The predicted octanol–water partition coefficient (Wildman–Crippen LogP) is 4.25. The van der Waals surface area contributed by atoms with Crippen LogP contribution in [0.15, 0.2) is 48.5 Å². The highest BCUT2D eigenvalue weighted by atomic mass is 19.1. The Bertz CT molecular complexity index is 999. The summed E-state index contributed by atoms with van der Waals surface area (Å²) in [4.78, 5) is 12.5. The number of carbonyl (C=O) groups excluding carboxylic acids is 1. The van der Waals surface area contributed by atoms with Gasteiger partial charge in [-0.15, -0.1) is 10.2 Å². The van der Waals surface area contributed by atoms with Crippen LogP contribution in [0.4, 0.5) is 15.8 Å². The molecule has 0 fully saturated rings. The highest BCUT2D eigenvalue weighted by Gasteiger charge is 2.17. The molecule has 1 atom stereocenters. The summed E-state index contributed by atoms with van der Waals surface area (Å²) in [7, 11) is 0. The third-order valence-corrected chi connectivity index (χ3v) is 5.12. The van der Waals surface area contributed by atoms with Crippen LogP contribution in [0.5, 0.6) is 0 Å². The maximum atomic E-state index is 13.0. The molecule has 1 amide bonds. The first-order chi connectivity index (χ1) is 14.1. The summed E-state index contributed by atoms with van der Waals surface area (Å²) in [5, 5.41) is 14.8. The van der Waals surface area contributed by atoms with Gasteiger partial charge in [-0.3, -0.25) is 4.79 Å². The van der Waals surface area contributed by atoms with E-state index >= 15 is 0 Å². The number of carbonyl (C=O) groups is 1. The van der Waals surface area contributed by atoms with E-state index in [4.69, 9.17) is 0 Å². The summed E-state index contributed by atoms with van der Waals surface area (Å²) in [6.07, 6.45) is 4.47. The van der Waals surface area contributed by atoms with Crippen LogP contribution in [-0.4, -0.2) is 26.7 Å². The van der Waals surface area contributed by atoms with Gasteiger partial charge in [0.1, 0.15) is 17.7 Å². The van der Waals surface area contributed by atoms with Crippen LogP contribution in [0.1, 0.15) is 32.0 Å². The molecule has 7 heteroatoms. The van der Waals surface area contributed by atoms with Crippen LogP contribution in [-0.2, 0) is 17.8 Å². The number of hydrogen-bond acceptors (Lipinski definition) is 4. The van der Waals surface area contributed by atoms with Crippen molar-refractivity contribution in [2.75, 3.05) is 10.6 Å². The van der Waals surface area contributed by atoms with Crippen LogP contribution >= 0.6 is 0 Å². The molecule has 0 aliphatic carbocycles. The summed E-state index contributed by atoms with van der Waals surface area (Å²) in [5.41, 5.74) is 2.36. The number of hydrogen-bond donors (Lipinski definition) is 2. The van der Waals surface area contributed by atoms with Gasteiger partial charge in [-0.25, -0.2) is 4.39 Å². The number of rotatable bonds is 5. The van der Waals surface area contributed by atoms with Gasteiger partial charge in [-0.1, -0.05) is 18.6 Å². The Balaban J connectivity index is 1.47. The molecule has 2 heterocycles. The van der Waals surface area contributed by atoms with Crippen LogP contribution < -0.4 is 10.6 Å². The number of benzene rings is 2. The number of halogens is 1. The lowest BCUT2D eigenvalue weighted by atomic mass is 10.1. The van der Waals surface area contributed by atoms with E-state index in [2.05, 4.69) is 25.4 Å². The van der Waals surface area contributed by atoms with E-state index in [0.717, 1.165) is 48.7 Å². The fourth-order valence-corrected chi connectivity index (χ4v) is 3.55. The van der Waals surface area contributed by atoms with E-state index in [9.17, 15) is 9.18 Å². The van der Waals surface area contributed by atoms with Crippen molar-refractivity contribution >= 4 is 17.3 Å². The normalized spacial score (nSPS) is 14.6. The molecule has 0 bridgehead atoms. The SMILES string of the molecule is C[C@H](Nc1cccc(-c2nnc3n2CCCCC3)c1)C(=O)Nc1ccc(F)cc1. The van der Waals surface area contributed by atoms with E-state index in [1.54, 1.807) is 6.92 Å². The highest BCUT2D eigenvalue weighted by Crippen LogP contribution is 2.25. The van der Waals surface area contributed by atoms with E-state index in [0.29, 0.717) is 5.69 Å². The molecular weight excluding hydrogens is 369 g/mol. The van der Waals surface area contributed by atoms with Crippen LogP contribution in [0.3, 0.4) is 0 Å². The summed E-state index contributed by atoms with van der Waals surface area (Å²) >= 11 is 0. The first kappa shape index (κ1) is 19.1. The van der Waals surface area contributed by atoms with Gasteiger partial charge in [0.25, 0.3) is 0 Å². The number of fused-ring (bicyclic) bond motifs is 1. The minimum absolute atomic E-state index is 0.196. The second-order valence-electron chi connectivity index (χ2n) is 7.35. The lowest BCUT2D eigenvalue weighted by molar-refractivity contribution is -0.116. The number of amides is 1. The number of aryl methyl sites for hydroxylation is 1. The van der Waals surface area contributed by atoms with E-state index in [-0.39, 0.29) is 11.7 Å². The van der Waals surface area contributed by atoms with E-state index in [1.807, 2.05) is 24.3 Å². The summed E-state index contributed by atoms with van der Waals surface area (Å²) in [6.45, 7) is 2.72. The molecule has 2 aromatic carbocycles.